The SMILES string of the molecule is CCC=C/C=C1\CC(C)=CC1=O. The van der Waals surface area contributed by atoms with E-state index in [0.717, 1.165) is 24.0 Å². The second-order valence-electron chi connectivity index (χ2n) is 3.06. The zero-order valence-corrected chi connectivity index (χ0v) is 7.63. The smallest absolute Gasteiger partial charge is 0.182 e. The largest absolute Gasteiger partial charge is 0.290 e. The van der Waals surface area contributed by atoms with Crippen LogP contribution in [0.4, 0.5) is 0 Å². The van der Waals surface area contributed by atoms with Gasteiger partial charge in [0.1, 0.15) is 0 Å². The number of hydrogen-bond donors (Lipinski definition) is 0. The summed E-state index contributed by atoms with van der Waals surface area (Å²) in [6.45, 7) is 4.07. The van der Waals surface area contributed by atoms with Crippen molar-refractivity contribution in [1.29, 1.82) is 0 Å². The fourth-order valence-electron chi connectivity index (χ4n) is 1.22. The van der Waals surface area contributed by atoms with E-state index in [2.05, 4.69) is 6.92 Å². The maximum Gasteiger partial charge on any atom is 0.182 e. The molecule has 0 atom stereocenters. The molecule has 0 saturated heterocycles. The quantitative estimate of drug-likeness (QED) is 0.570. The third-order valence-corrected chi connectivity index (χ3v) is 1.83. The van der Waals surface area contributed by atoms with Gasteiger partial charge < -0.3 is 0 Å². The summed E-state index contributed by atoms with van der Waals surface area (Å²) in [5, 5.41) is 0. The summed E-state index contributed by atoms with van der Waals surface area (Å²) in [7, 11) is 0. The van der Waals surface area contributed by atoms with Crippen LogP contribution in [0.3, 0.4) is 0 Å². The number of ketones is 1. The number of rotatable bonds is 2. The van der Waals surface area contributed by atoms with Crippen LogP contribution in [0.2, 0.25) is 0 Å². The normalized spacial score (nSPS) is 21.0. The maximum absolute atomic E-state index is 11.2. The van der Waals surface area contributed by atoms with E-state index < -0.39 is 0 Å². The predicted molar refractivity (Wildman–Crippen MR) is 50.9 cm³/mol. The first kappa shape index (κ1) is 8.98. The molecule has 0 N–H and O–H groups in total. The van der Waals surface area contributed by atoms with Gasteiger partial charge >= 0.3 is 0 Å². The Morgan fingerprint density at radius 1 is 1.58 bits per heavy atom. The lowest BCUT2D eigenvalue weighted by atomic mass is 10.1. The van der Waals surface area contributed by atoms with Crippen molar-refractivity contribution in [1.82, 2.24) is 0 Å². The van der Waals surface area contributed by atoms with Gasteiger partial charge in [0, 0.05) is 5.57 Å². The molecule has 0 fully saturated rings. The van der Waals surface area contributed by atoms with Crippen molar-refractivity contribution in [3.05, 3.63) is 35.5 Å². The van der Waals surface area contributed by atoms with E-state index in [-0.39, 0.29) is 5.78 Å². The van der Waals surface area contributed by atoms with Crippen molar-refractivity contribution < 1.29 is 4.79 Å². The Morgan fingerprint density at radius 2 is 2.33 bits per heavy atom. The van der Waals surface area contributed by atoms with Gasteiger partial charge in [-0.15, -0.1) is 0 Å². The van der Waals surface area contributed by atoms with Gasteiger partial charge in [0.2, 0.25) is 0 Å². The lowest BCUT2D eigenvalue weighted by molar-refractivity contribution is -0.111. The molecule has 0 aromatic heterocycles. The van der Waals surface area contributed by atoms with Crippen LogP contribution in [0.1, 0.15) is 26.7 Å². The van der Waals surface area contributed by atoms with E-state index >= 15 is 0 Å². The van der Waals surface area contributed by atoms with E-state index in [1.165, 1.54) is 0 Å². The first-order valence-electron chi connectivity index (χ1n) is 4.31. The average molecular weight is 162 g/mol. The standard InChI is InChI=1S/C11H14O/c1-3-4-5-6-10-7-9(2)8-11(10)12/h4-6,8H,3,7H2,1-2H3/b5-4?,10-6+. The van der Waals surface area contributed by atoms with Crippen molar-refractivity contribution >= 4 is 5.78 Å². The first-order valence-corrected chi connectivity index (χ1v) is 4.31. The van der Waals surface area contributed by atoms with Crippen LogP contribution >= 0.6 is 0 Å². The highest BCUT2D eigenvalue weighted by Crippen LogP contribution is 2.20. The van der Waals surface area contributed by atoms with Gasteiger partial charge in [0.05, 0.1) is 0 Å². The molecule has 0 saturated carbocycles. The van der Waals surface area contributed by atoms with Gasteiger partial charge in [0.15, 0.2) is 5.78 Å². The van der Waals surface area contributed by atoms with Crippen LogP contribution in [-0.2, 0) is 4.79 Å². The van der Waals surface area contributed by atoms with Crippen LogP contribution in [-0.4, -0.2) is 5.78 Å². The van der Waals surface area contributed by atoms with Crippen molar-refractivity contribution in [2.45, 2.75) is 26.7 Å². The third-order valence-electron chi connectivity index (χ3n) is 1.83. The number of carbonyl (C=O) groups excluding carboxylic acids is 1. The van der Waals surface area contributed by atoms with Crippen LogP contribution in [0, 0.1) is 0 Å². The molecule has 0 amide bonds. The second kappa shape index (κ2) is 4.05. The highest BCUT2D eigenvalue weighted by Gasteiger charge is 2.13. The summed E-state index contributed by atoms with van der Waals surface area (Å²) in [5.74, 6) is 0.174. The van der Waals surface area contributed by atoms with E-state index in [1.807, 2.05) is 25.2 Å². The van der Waals surface area contributed by atoms with E-state index in [1.54, 1.807) is 6.08 Å². The molecule has 0 spiro atoms. The summed E-state index contributed by atoms with van der Waals surface area (Å²) in [6.07, 6.45) is 9.48. The van der Waals surface area contributed by atoms with Gasteiger partial charge in [-0.25, -0.2) is 0 Å². The first-order chi connectivity index (χ1) is 5.74. The molecule has 0 unspecified atom stereocenters. The van der Waals surface area contributed by atoms with Gasteiger partial charge in [0.25, 0.3) is 0 Å². The molecule has 1 aliphatic carbocycles. The zero-order chi connectivity index (χ0) is 8.97. The van der Waals surface area contributed by atoms with Crippen molar-refractivity contribution in [2.75, 3.05) is 0 Å². The summed E-state index contributed by atoms with van der Waals surface area (Å²) in [5.41, 5.74) is 2.08. The molecular weight excluding hydrogens is 148 g/mol. The summed E-state index contributed by atoms with van der Waals surface area (Å²) >= 11 is 0. The minimum atomic E-state index is 0.174. The molecule has 1 heteroatoms. The van der Waals surface area contributed by atoms with Gasteiger partial charge in [-0.3, -0.25) is 4.79 Å². The molecule has 0 aromatic rings. The van der Waals surface area contributed by atoms with Crippen LogP contribution in [0.15, 0.2) is 35.5 Å². The maximum atomic E-state index is 11.2. The van der Waals surface area contributed by atoms with E-state index in [9.17, 15) is 4.79 Å². The lowest BCUT2D eigenvalue weighted by Crippen LogP contribution is -1.89. The van der Waals surface area contributed by atoms with Crippen molar-refractivity contribution in [3.63, 3.8) is 0 Å². The van der Waals surface area contributed by atoms with E-state index in [4.69, 9.17) is 0 Å². The third kappa shape index (κ3) is 2.19. The van der Waals surface area contributed by atoms with E-state index in [0.29, 0.717) is 0 Å². The molecule has 0 radical (unpaired) electrons. The molecule has 1 rings (SSSR count). The topological polar surface area (TPSA) is 17.1 Å². The Bertz CT molecular complexity index is 267. The Balaban J connectivity index is 2.62. The Hall–Kier alpha value is -1.11. The molecule has 1 aliphatic rings. The van der Waals surface area contributed by atoms with Crippen LogP contribution in [0.5, 0.6) is 0 Å². The van der Waals surface area contributed by atoms with Crippen LogP contribution in [0.25, 0.3) is 0 Å². The highest BCUT2D eigenvalue weighted by atomic mass is 16.1. The highest BCUT2D eigenvalue weighted by molar-refractivity contribution is 6.07. The summed E-state index contributed by atoms with van der Waals surface area (Å²) in [6, 6.07) is 0. The Morgan fingerprint density at radius 3 is 2.83 bits per heavy atom. The monoisotopic (exact) mass is 162 g/mol. The minimum Gasteiger partial charge on any atom is -0.290 e. The number of allylic oxidation sites excluding steroid dienone is 6. The molecule has 64 valence electrons. The molecular formula is C11H14O. The average Bonchev–Trinajstić information content (AvgIpc) is 2.31. The molecule has 0 heterocycles. The van der Waals surface area contributed by atoms with Gasteiger partial charge in [-0.05, 0) is 25.8 Å². The van der Waals surface area contributed by atoms with Crippen LogP contribution < -0.4 is 0 Å². The lowest BCUT2D eigenvalue weighted by Gasteiger charge is -1.90. The minimum absolute atomic E-state index is 0.174. The number of hydrogen-bond acceptors (Lipinski definition) is 1. The molecule has 0 aliphatic heterocycles. The fraction of sp³-hybridized carbons (Fsp3) is 0.364. The summed E-state index contributed by atoms with van der Waals surface area (Å²) in [4.78, 5) is 11.2. The fourth-order valence-corrected chi connectivity index (χ4v) is 1.22. The molecule has 1 nitrogen and oxygen atoms in total. The Kier molecular flexibility index (Phi) is 3.03. The molecule has 12 heavy (non-hydrogen) atoms. The van der Waals surface area contributed by atoms with Crippen molar-refractivity contribution in [2.24, 2.45) is 0 Å². The molecule has 0 aromatic carbocycles. The zero-order valence-electron chi connectivity index (χ0n) is 7.63. The van der Waals surface area contributed by atoms with Crippen molar-refractivity contribution in [3.8, 4) is 0 Å². The number of carbonyl (C=O) groups is 1. The van der Waals surface area contributed by atoms with Gasteiger partial charge in [-0.2, -0.15) is 0 Å². The van der Waals surface area contributed by atoms with Gasteiger partial charge in [-0.1, -0.05) is 30.7 Å². The second-order valence-corrected chi connectivity index (χ2v) is 3.06. The predicted octanol–water partition coefficient (Wildman–Crippen LogP) is 2.80. The Labute approximate surface area is 73.5 Å². The molecule has 0 bridgehead atoms. The summed E-state index contributed by atoms with van der Waals surface area (Å²) < 4.78 is 0.